The summed E-state index contributed by atoms with van der Waals surface area (Å²) in [4.78, 5) is 18.0. The van der Waals surface area contributed by atoms with E-state index in [9.17, 15) is 4.79 Å². The lowest BCUT2D eigenvalue weighted by molar-refractivity contribution is -0.136. The van der Waals surface area contributed by atoms with Crippen LogP contribution in [-0.2, 0) is 9.53 Å². The fourth-order valence-corrected chi connectivity index (χ4v) is 4.37. The van der Waals surface area contributed by atoms with E-state index in [4.69, 9.17) is 21.1 Å². The summed E-state index contributed by atoms with van der Waals surface area (Å²) in [6, 6.07) is 17.4. The molecule has 0 fully saturated rings. The molecule has 2 heterocycles. The number of nitrogens with zero attached hydrogens (tertiary/aromatic N) is 1. The summed E-state index contributed by atoms with van der Waals surface area (Å²) in [5.41, 5.74) is 2.51. The molecule has 0 amide bonds. The van der Waals surface area contributed by atoms with Gasteiger partial charge in [0.1, 0.15) is 11.6 Å². The minimum Gasteiger partial charge on any atom is -0.473 e. The summed E-state index contributed by atoms with van der Waals surface area (Å²) in [5.74, 6) is -0.0922. The molecule has 4 rings (SSSR count). The Labute approximate surface area is 166 Å². The molecule has 4 nitrogen and oxygen atoms in total. The van der Waals surface area contributed by atoms with Crippen molar-refractivity contribution in [3.05, 3.63) is 81.7 Å². The van der Waals surface area contributed by atoms with Crippen LogP contribution in [0.2, 0.25) is 5.02 Å². The third-order valence-electron chi connectivity index (χ3n) is 4.36. The first kappa shape index (κ1) is 17.8. The van der Waals surface area contributed by atoms with Gasteiger partial charge in [-0.25, -0.2) is 9.78 Å². The van der Waals surface area contributed by atoms with E-state index in [2.05, 4.69) is 4.98 Å². The first-order valence-electron chi connectivity index (χ1n) is 8.40. The fraction of sp³-hybridized carbons (Fsp3) is 0.143. The molecule has 1 aromatic heterocycles. The number of halogens is 1. The lowest BCUT2D eigenvalue weighted by Gasteiger charge is -2.17. The molecule has 0 bridgehead atoms. The molecule has 0 saturated carbocycles. The topological polar surface area (TPSA) is 48.4 Å². The zero-order valence-corrected chi connectivity index (χ0v) is 16.1. The van der Waals surface area contributed by atoms with Crippen LogP contribution in [0.1, 0.15) is 16.4 Å². The van der Waals surface area contributed by atoms with Gasteiger partial charge >= 0.3 is 5.97 Å². The zero-order chi connectivity index (χ0) is 18.8. The van der Waals surface area contributed by atoms with Crippen LogP contribution in [0.25, 0.3) is 10.6 Å². The van der Waals surface area contributed by atoms with Crippen molar-refractivity contribution in [2.75, 3.05) is 13.7 Å². The molecule has 1 unspecified atom stereocenters. The largest absolute Gasteiger partial charge is 0.473 e. The van der Waals surface area contributed by atoms with Gasteiger partial charge in [-0.15, -0.1) is 11.3 Å². The van der Waals surface area contributed by atoms with Gasteiger partial charge in [0.05, 0.1) is 17.9 Å². The highest BCUT2D eigenvalue weighted by molar-refractivity contribution is 7.15. The third-order valence-corrected chi connectivity index (χ3v) is 5.76. The lowest BCUT2D eigenvalue weighted by Crippen LogP contribution is -2.13. The van der Waals surface area contributed by atoms with Gasteiger partial charge in [0, 0.05) is 16.2 Å². The second-order valence-corrected chi connectivity index (χ2v) is 7.47. The molecule has 1 aliphatic rings. The van der Waals surface area contributed by atoms with Gasteiger partial charge in [0.15, 0.2) is 0 Å². The summed E-state index contributed by atoms with van der Waals surface area (Å²) in [6.07, 6.45) is 1.78. The molecular weight excluding hydrogens is 382 g/mol. The summed E-state index contributed by atoms with van der Waals surface area (Å²) in [7, 11) is 1.39. The molecule has 6 heteroatoms. The van der Waals surface area contributed by atoms with E-state index in [1.54, 1.807) is 6.08 Å². The van der Waals surface area contributed by atoms with Crippen molar-refractivity contribution in [1.82, 2.24) is 4.98 Å². The standard InChI is InChI=1S/C21H16ClNO3S/c1-25-21(24)16-11-12-26-19-18(17(16)13-5-3-2-4-6-13)27-20(23-19)14-7-9-15(22)10-8-14/h2-11,17H,12H2,1H3. The normalized spacial score (nSPS) is 15.9. The molecule has 0 radical (unpaired) electrons. The van der Waals surface area contributed by atoms with Crippen LogP contribution in [-0.4, -0.2) is 24.7 Å². The Balaban J connectivity index is 1.85. The van der Waals surface area contributed by atoms with Crippen molar-refractivity contribution in [2.24, 2.45) is 0 Å². The number of rotatable bonds is 3. The van der Waals surface area contributed by atoms with E-state index in [1.165, 1.54) is 18.4 Å². The van der Waals surface area contributed by atoms with Crippen LogP contribution in [0.3, 0.4) is 0 Å². The number of methoxy groups -OCH3 is 1. The maximum absolute atomic E-state index is 12.5. The average molecular weight is 398 g/mol. The van der Waals surface area contributed by atoms with Gasteiger partial charge in [0.25, 0.3) is 0 Å². The molecule has 2 aromatic carbocycles. The van der Waals surface area contributed by atoms with Crippen LogP contribution >= 0.6 is 22.9 Å². The first-order valence-corrected chi connectivity index (χ1v) is 9.59. The molecule has 136 valence electrons. The SMILES string of the molecule is COC(=O)C1=CCOc2nc(-c3ccc(Cl)cc3)sc2C1c1ccccc1. The van der Waals surface area contributed by atoms with Gasteiger partial charge in [-0.1, -0.05) is 54.1 Å². The Morgan fingerprint density at radius 3 is 2.63 bits per heavy atom. The van der Waals surface area contributed by atoms with Gasteiger partial charge < -0.3 is 9.47 Å². The predicted molar refractivity (Wildman–Crippen MR) is 106 cm³/mol. The van der Waals surface area contributed by atoms with Gasteiger partial charge in [-0.05, 0) is 23.8 Å². The third kappa shape index (κ3) is 3.48. The highest BCUT2D eigenvalue weighted by Crippen LogP contribution is 2.45. The maximum Gasteiger partial charge on any atom is 0.334 e. The van der Waals surface area contributed by atoms with Crippen LogP contribution in [0, 0.1) is 0 Å². The number of thiazole rings is 1. The second-order valence-electron chi connectivity index (χ2n) is 6.00. The molecule has 1 atom stereocenters. The van der Waals surface area contributed by atoms with Gasteiger partial charge in [-0.2, -0.15) is 0 Å². The van der Waals surface area contributed by atoms with Crippen molar-refractivity contribution in [2.45, 2.75) is 5.92 Å². The number of fused-ring (bicyclic) bond motifs is 1. The number of carbonyl (C=O) groups is 1. The van der Waals surface area contributed by atoms with E-state index >= 15 is 0 Å². The molecule has 0 saturated heterocycles. The molecular formula is C21H16ClNO3S. The average Bonchev–Trinajstić information content (AvgIpc) is 3.03. The number of hydrogen-bond donors (Lipinski definition) is 0. The number of ether oxygens (including phenoxy) is 2. The quantitative estimate of drug-likeness (QED) is 0.578. The molecule has 27 heavy (non-hydrogen) atoms. The number of hydrogen-bond acceptors (Lipinski definition) is 5. The number of esters is 1. The molecule has 1 aliphatic heterocycles. The minimum atomic E-state index is -0.359. The predicted octanol–water partition coefficient (Wildman–Crippen LogP) is 5.09. The Kier molecular flexibility index (Phi) is 4.97. The van der Waals surface area contributed by atoms with Crippen LogP contribution < -0.4 is 4.74 Å². The molecule has 3 aromatic rings. The lowest BCUT2D eigenvalue weighted by atomic mass is 9.90. The first-order chi connectivity index (χ1) is 13.2. The van der Waals surface area contributed by atoms with Crippen molar-refractivity contribution in [3.63, 3.8) is 0 Å². The number of benzene rings is 2. The Bertz CT molecular complexity index is 996. The fourth-order valence-electron chi connectivity index (χ4n) is 3.08. The van der Waals surface area contributed by atoms with E-state index in [0.717, 1.165) is 21.0 Å². The van der Waals surface area contributed by atoms with Crippen LogP contribution in [0.15, 0.2) is 66.2 Å². The van der Waals surface area contributed by atoms with Crippen molar-refractivity contribution < 1.29 is 14.3 Å². The summed E-state index contributed by atoms with van der Waals surface area (Å²) >= 11 is 7.51. The molecule has 0 spiro atoms. The van der Waals surface area contributed by atoms with Gasteiger partial charge in [-0.3, -0.25) is 0 Å². The van der Waals surface area contributed by atoms with Crippen molar-refractivity contribution >= 4 is 28.9 Å². The summed E-state index contributed by atoms with van der Waals surface area (Å²) < 4.78 is 10.9. The number of aromatic nitrogens is 1. The highest BCUT2D eigenvalue weighted by atomic mass is 35.5. The second kappa shape index (κ2) is 7.55. The highest BCUT2D eigenvalue weighted by Gasteiger charge is 2.32. The zero-order valence-electron chi connectivity index (χ0n) is 14.5. The maximum atomic E-state index is 12.5. The molecule has 0 aliphatic carbocycles. The Hall–Kier alpha value is -2.63. The Morgan fingerprint density at radius 2 is 1.93 bits per heavy atom. The summed E-state index contributed by atoms with van der Waals surface area (Å²) in [5, 5.41) is 1.50. The summed E-state index contributed by atoms with van der Waals surface area (Å²) in [6.45, 7) is 0.268. The van der Waals surface area contributed by atoms with Crippen LogP contribution in [0.5, 0.6) is 5.88 Å². The van der Waals surface area contributed by atoms with Crippen molar-refractivity contribution in [3.8, 4) is 16.5 Å². The Morgan fingerprint density at radius 1 is 1.19 bits per heavy atom. The van der Waals surface area contributed by atoms with Crippen molar-refractivity contribution in [1.29, 1.82) is 0 Å². The van der Waals surface area contributed by atoms with E-state index in [0.29, 0.717) is 16.5 Å². The van der Waals surface area contributed by atoms with E-state index < -0.39 is 0 Å². The van der Waals surface area contributed by atoms with Crippen LogP contribution in [0.4, 0.5) is 0 Å². The minimum absolute atomic E-state index is 0.268. The van der Waals surface area contributed by atoms with E-state index in [1.807, 2.05) is 54.6 Å². The van der Waals surface area contributed by atoms with E-state index in [-0.39, 0.29) is 18.5 Å². The molecule has 0 N–H and O–H groups in total. The van der Waals surface area contributed by atoms with Gasteiger partial charge in [0.2, 0.25) is 5.88 Å². The number of carbonyl (C=O) groups excluding carboxylic acids is 1. The smallest absolute Gasteiger partial charge is 0.334 e. The monoisotopic (exact) mass is 397 g/mol.